The molecule has 0 spiro atoms. The number of carbonyl (C=O) groups is 1. The molecular formula is C18H30ClN3O4S. The SMILES string of the molecule is CCOc1ccc(NC(=O)CCC2CCNCC2)cc1S(=O)(=O)N(C)C.Cl. The van der Waals surface area contributed by atoms with Crippen LogP contribution in [0, 0.1) is 5.92 Å². The lowest BCUT2D eigenvalue weighted by Gasteiger charge is -2.22. The van der Waals surface area contributed by atoms with Gasteiger partial charge in [-0.15, -0.1) is 12.4 Å². The van der Waals surface area contributed by atoms with E-state index < -0.39 is 10.0 Å². The fourth-order valence-corrected chi connectivity index (χ4v) is 4.04. The van der Waals surface area contributed by atoms with Gasteiger partial charge in [0.05, 0.1) is 6.61 Å². The molecule has 27 heavy (non-hydrogen) atoms. The lowest BCUT2D eigenvalue weighted by atomic mass is 9.93. The van der Waals surface area contributed by atoms with E-state index in [4.69, 9.17) is 4.74 Å². The summed E-state index contributed by atoms with van der Waals surface area (Å²) in [7, 11) is -0.732. The molecule has 0 bridgehead atoms. The molecule has 1 fully saturated rings. The van der Waals surface area contributed by atoms with E-state index in [0.29, 0.717) is 24.6 Å². The second-order valence-corrected chi connectivity index (χ2v) is 8.78. The van der Waals surface area contributed by atoms with E-state index in [1.807, 2.05) is 0 Å². The van der Waals surface area contributed by atoms with Crippen LogP contribution in [-0.2, 0) is 14.8 Å². The molecule has 1 aromatic carbocycles. The van der Waals surface area contributed by atoms with Crippen molar-refractivity contribution in [3.63, 3.8) is 0 Å². The zero-order valence-corrected chi connectivity index (χ0v) is 17.8. The minimum Gasteiger partial charge on any atom is -0.492 e. The summed E-state index contributed by atoms with van der Waals surface area (Å²) in [4.78, 5) is 12.3. The van der Waals surface area contributed by atoms with Crippen molar-refractivity contribution >= 4 is 34.0 Å². The predicted molar refractivity (Wildman–Crippen MR) is 109 cm³/mol. The summed E-state index contributed by atoms with van der Waals surface area (Å²) < 4.78 is 31.6. The number of hydrogen-bond acceptors (Lipinski definition) is 5. The number of hydrogen-bond donors (Lipinski definition) is 2. The molecule has 0 saturated carbocycles. The summed E-state index contributed by atoms with van der Waals surface area (Å²) in [6, 6.07) is 4.72. The fourth-order valence-electron chi connectivity index (χ4n) is 2.99. The maximum atomic E-state index is 12.5. The van der Waals surface area contributed by atoms with Gasteiger partial charge in [0, 0.05) is 26.2 Å². The number of rotatable bonds is 8. The Morgan fingerprint density at radius 3 is 2.56 bits per heavy atom. The number of amides is 1. The number of nitrogens with one attached hydrogen (secondary N) is 2. The van der Waals surface area contributed by atoms with Gasteiger partial charge in [-0.05, 0) is 63.4 Å². The van der Waals surface area contributed by atoms with Crippen LogP contribution in [0.3, 0.4) is 0 Å². The fraction of sp³-hybridized carbons (Fsp3) is 0.611. The average molecular weight is 420 g/mol. The second kappa shape index (κ2) is 10.8. The standard InChI is InChI=1S/C18H29N3O4S.ClH/c1-4-25-16-7-6-15(13-17(16)26(23,24)21(2)3)20-18(22)8-5-14-9-11-19-12-10-14;/h6-7,13-14,19H,4-5,8-12H2,1-3H3,(H,20,22);1H. The van der Waals surface area contributed by atoms with Crippen LogP contribution in [-0.4, -0.2) is 52.4 Å². The van der Waals surface area contributed by atoms with Crippen LogP contribution in [0.2, 0.25) is 0 Å². The minimum absolute atomic E-state index is 0. The molecular weight excluding hydrogens is 390 g/mol. The lowest BCUT2D eigenvalue weighted by molar-refractivity contribution is -0.116. The molecule has 1 heterocycles. The molecule has 2 N–H and O–H groups in total. The smallest absolute Gasteiger partial charge is 0.246 e. The highest BCUT2D eigenvalue weighted by atomic mass is 35.5. The van der Waals surface area contributed by atoms with Gasteiger partial charge in [0.1, 0.15) is 10.6 Å². The molecule has 0 aromatic heterocycles. The zero-order chi connectivity index (χ0) is 19.2. The van der Waals surface area contributed by atoms with Crippen molar-refractivity contribution in [1.29, 1.82) is 0 Å². The number of ether oxygens (including phenoxy) is 1. The number of halogens is 1. The highest BCUT2D eigenvalue weighted by Gasteiger charge is 2.23. The van der Waals surface area contributed by atoms with Gasteiger partial charge in [-0.3, -0.25) is 4.79 Å². The molecule has 0 unspecified atom stereocenters. The predicted octanol–water partition coefficient (Wildman–Crippen LogP) is 2.48. The summed E-state index contributed by atoms with van der Waals surface area (Å²) in [5.41, 5.74) is 0.462. The van der Waals surface area contributed by atoms with Crippen LogP contribution in [0.4, 0.5) is 5.69 Å². The van der Waals surface area contributed by atoms with Gasteiger partial charge in [-0.1, -0.05) is 0 Å². The topological polar surface area (TPSA) is 87.7 Å². The molecule has 0 aliphatic carbocycles. The zero-order valence-electron chi connectivity index (χ0n) is 16.2. The lowest BCUT2D eigenvalue weighted by Crippen LogP contribution is -2.28. The highest BCUT2D eigenvalue weighted by Crippen LogP contribution is 2.29. The van der Waals surface area contributed by atoms with Gasteiger partial charge < -0.3 is 15.4 Å². The van der Waals surface area contributed by atoms with Crippen molar-refractivity contribution in [3.05, 3.63) is 18.2 Å². The Labute approximate surface area is 168 Å². The maximum absolute atomic E-state index is 12.5. The molecule has 9 heteroatoms. The van der Waals surface area contributed by atoms with Gasteiger partial charge in [-0.25, -0.2) is 12.7 Å². The number of carbonyl (C=O) groups excluding carboxylic acids is 1. The van der Waals surface area contributed by atoms with Crippen LogP contribution < -0.4 is 15.4 Å². The van der Waals surface area contributed by atoms with Crippen molar-refractivity contribution < 1.29 is 17.9 Å². The van der Waals surface area contributed by atoms with Crippen LogP contribution >= 0.6 is 12.4 Å². The van der Waals surface area contributed by atoms with E-state index in [9.17, 15) is 13.2 Å². The van der Waals surface area contributed by atoms with Crippen molar-refractivity contribution in [2.24, 2.45) is 5.92 Å². The first-order valence-corrected chi connectivity index (χ1v) is 10.5. The molecule has 1 aromatic rings. The third-order valence-corrected chi connectivity index (χ3v) is 6.36. The van der Waals surface area contributed by atoms with Crippen LogP contribution in [0.5, 0.6) is 5.75 Å². The van der Waals surface area contributed by atoms with Crippen molar-refractivity contribution in [2.45, 2.75) is 37.5 Å². The van der Waals surface area contributed by atoms with E-state index >= 15 is 0 Å². The van der Waals surface area contributed by atoms with Crippen LogP contribution in [0.25, 0.3) is 0 Å². The molecule has 7 nitrogen and oxygen atoms in total. The molecule has 1 aliphatic heterocycles. The highest BCUT2D eigenvalue weighted by molar-refractivity contribution is 7.89. The molecule has 1 amide bonds. The number of piperidine rings is 1. The maximum Gasteiger partial charge on any atom is 0.246 e. The molecule has 0 radical (unpaired) electrons. The molecule has 154 valence electrons. The van der Waals surface area contributed by atoms with E-state index in [1.54, 1.807) is 19.1 Å². The van der Waals surface area contributed by atoms with Gasteiger partial charge in [0.2, 0.25) is 15.9 Å². The van der Waals surface area contributed by atoms with E-state index in [-0.39, 0.29) is 29.0 Å². The van der Waals surface area contributed by atoms with E-state index in [1.165, 1.54) is 20.2 Å². The van der Waals surface area contributed by atoms with E-state index in [0.717, 1.165) is 36.7 Å². The summed E-state index contributed by atoms with van der Waals surface area (Å²) in [6.07, 6.45) is 3.49. The number of benzene rings is 1. The molecule has 2 rings (SSSR count). The van der Waals surface area contributed by atoms with Gasteiger partial charge in [0.25, 0.3) is 0 Å². The largest absolute Gasteiger partial charge is 0.492 e. The summed E-state index contributed by atoms with van der Waals surface area (Å²) >= 11 is 0. The van der Waals surface area contributed by atoms with Crippen molar-refractivity contribution in [2.75, 3.05) is 39.1 Å². The Morgan fingerprint density at radius 2 is 1.96 bits per heavy atom. The normalized spacial score (nSPS) is 15.3. The summed E-state index contributed by atoms with van der Waals surface area (Å²) in [5.74, 6) is 0.766. The quantitative estimate of drug-likeness (QED) is 0.675. The summed E-state index contributed by atoms with van der Waals surface area (Å²) in [5, 5.41) is 6.12. The van der Waals surface area contributed by atoms with Crippen LogP contribution in [0.1, 0.15) is 32.6 Å². The Bertz CT molecular complexity index is 719. The first-order valence-electron chi connectivity index (χ1n) is 9.04. The Kier molecular flexibility index (Phi) is 9.52. The van der Waals surface area contributed by atoms with Crippen molar-refractivity contribution in [3.8, 4) is 5.75 Å². The minimum atomic E-state index is -3.67. The number of anilines is 1. The van der Waals surface area contributed by atoms with Crippen LogP contribution in [0.15, 0.2) is 23.1 Å². The Morgan fingerprint density at radius 1 is 1.30 bits per heavy atom. The molecule has 1 saturated heterocycles. The third-order valence-electron chi connectivity index (χ3n) is 4.52. The monoisotopic (exact) mass is 419 g/mol. The third kappa shape index (κ3) is 6.64. The first kappa shape index (κ1) is 23.7. The van der Waals surface area contributed by atoms with Crippen molar-refractivity contribution in [1.82, 2.24) is 9.62 Å². The van der Waals surface area contributed by atoms with Gasteiger partial charge in [-0.2, -0.15) is 0 Å². The second-order valence-electron chi connectivity index (χ2n) is 6.66. The van der Waals surface area contributed by atoms with E-state index in [2.05, 4.69) is 10.6 Å². The summed E-state index contributed by atoms with van der Waals surface area (Å²) in [6.45, 7) is 4.17. The first-order chi connectivity index (χ1) is 12.3. The molecule has 0 atom stereocenters. The Balaban J connectivity index is 0.00000364. The van der Waals surface area contributed by atoms with Gasteiger partial charge >= 0.3 is 0 Å². The molecule has 1 aliphatic rings. The number of sulfonamides is 1. The van der Waals surface area contributed by atoms with Gasteiger partial charge in [0.15, 0.2) is 0 Å². The Hall–Kier alpha value is -1.35. The number of nitrogens with zero attached hydrogens (tertiary/aromatic N) is 1. The average Bonchev–Trinajstić information content (AvgIpc) is 2.62.